The van der Waals surface area contributed by atoms with Gasteiger partial charge in [-0.1, -0.05) is 109 Å². The Balaban J connectivity index is 0.000000179. The van der Waals surface area contributed by atoms with Gasteiger partial charge in [-0.3, -0.25) is 0 Å². The van der Waals surface area contributed by atoms with E-state index in [2.05, 4.69) is 185 Å². The molecule has 44 heteroatoms. The van der Waals surface area contributed by atoms with Gasteiger partial charge in [-0.25, -0.2) is 176 Å². The van der Waals surface area contributed by atoms with Crippen LogP contribution in [-0.4, -0.2) is 12.3 Å². The first-order chi connectivity index (χ1) is 61.5. The highest BCUT2D eigenvalue weighted by molar-refractivity contribution is 7.80. The van der Waals surface area contributed by atoms with Gasteiger partial charge in [0.25, 0.3) is 0 Å². The molecule has 14 aromatic rings. The molecule has 0 atom stereocenters. The lowest BCUT2D eigenvalue weighted by Crippen LogP contribution is -2.81. The summed E-state index contributed by atoms with van der Waals surface area (Å²) in [6.45, 7) is 6.70. The number of benzene rings is 14. The van der Waals surface area contributed by atoms with Crippen LogP contribution in [0, 0.1) is 253 Å². The summed E-state index contributed by atoms with van der Waals surface area (Å²) in [7, 11) is -1.84. The van der Waals surface area contributed by atoms with E-state index in [1.807, 2.05) is 0 Å². The Bertz CT molecular complexity index is 5640. The van der Waals surface area contributed by atoms with Crippen molar-refractivity contribution in [2.24, 2.45) is 0 Å². The molecule has 0 saturated carbocycles. The van der Waals surface area contributed by atoms with Crippen molar-refractivity contribution in [1.82, 2.24) is 0 Å². The van der Waals surface area contributed by atoms with Gasteiger partial charge in [0.05, 0.1) is 15.8 Å². The predicted octanol–water partition coefficient (Wildman–Crippen LogP) is 19.0. The molecule has 0 heterocycles. The van der Waals surface area contributed by atoms with Gasteiger partial charge in [0.2, 0.25) is 0 Å². The first-order valence-electron chi connectivity index (χ1n) is 36.1. The van der Waals surface area contributed by atoms with Crippen molar-refractivity contribution >= 4 is 104 Å². The fourth-order valence-electron chi connectivity index (χ4n) is 15.1. The topological polar surface area (TPSA) is 0 Å². The van der Waals surface area contributed by atoms with E-state index in [0.29, 0.717) is 0 Å². The van der Waals surface area contributed by atoms with E-state index in [9.17, 15) is 105 Å². The van der Waals surface area contributed by atoms with Crippen molar-refractivity contribution in [3.8, 4) is 0 Å². The minimum absolute atomic E-state index is 0.877. The molecule has 0 nitrogen and oxygen atoms in total. The van der Waals surface area contributed by atoms with Gasteiger partial charge in [-0.2, -0.15) is 0 Å². The Morgan fingerprint density at radius 2 is 0.237 bits per heavy atom. The monoisotopic (exact) mass is 1930 g/mol. The van der Waals surface area contributed by atoms with Crippen molar-refractivity contribution < 1.29 is 176 Å². The van der Waals surface area contributed by atoms with Crippen LogP contribution in [0.5, 0.6) is 0 Å². The van der Waals surface area contributed by atoms with Crippen LogP contribution in [0.2, 0.25) is 0 Å². The van der Waals surface area contributed by atoms with Crippen LogP contribution >= 0.6 is 15.8 Å². The summed E-state index contributed by atoms with van der Waals surface area (Å²) >= 11 is 0. The summed E-state index contributed by atoms with van der Waals surface area (Å²) in [5, 5.41) is 8.79. The van der Waals surface area contributed by atoms with Crippen LogP contribution < -0.4 is 75.5 Å². The summed E-state index contributed by atoms with van der Waals surface area (Å²) in [6.07, 6.45) is -14.4. The van der Waals surface area contributed by atoms with Crippen LogP contribution in [0.3, 0.4) is 0 Å². The third-order valence-corrected chi connectivity index (χ3v) is 26.9. The molecule has 131 heavy (non-hydrogen) atoms. The van der Waals surface area contributed by atoms with Crippen molar-refractivity contribution in [1.29, 1.82) is 0 Å². The normalized spacial score (nSPS) is 11.6. The highest BCUT2D eigenvalue weighted by atomic mass is 31.1. The zero-order valence-electron chi connectivity index (χ0n) is 64.4. The molecule has 0 amide bonds. The maximum Gasteiger partial charge on any atom is 0.200 e. The van der Waals surface area contributed by atoms with E-state index in [1.165, 1.54) is 48.5 Å². The quantitative estimate of drug-likeness (QED) is 0.0335. The van der Waals surface area contributed by atoms with Gasteiger partial charge in [0, 0.05) is 0 Å². The molecular formula is C87H38B2F40P2. The minimum atomic E-state index is -7.22. The summed E-state index contributed by atoms with van der Waals surface area (Å²) in [5.74, 6) is -143. The van der Waals surface area contributed by atoms with E-state index >= 15 is 70.2 Å². The fourth-order valence-corrected chi connectivity index (χ4v) is 20.7. The molecular weight excluding hydrogens is 1890 g/mol. The average molecular weight is 1930 g/mol. The zero-order chi connectivity index (χ0) is 97.2. The molecule has 0 fully saturated rings. The molecule has 14 aromatic carbocycles. The maximum absolute atomic E-state index is 15.4. The second-order valence-corrected chi connectivity index (χ2v) is 32.7. The Hall–Kier alpha value is -12.7. The molecule has 0 aromatic heterocycles. The molecule has 0 N–H and O–H groups in total. The van der Waals surface area contributed by atoms with Gasteiger partial charge in [0.1, 0.15) is 137 Å². The fraction of sp³-hybridized carbons (Fsp3) is 0.0345. The van der Waals surface area contributed by atoms with Crippen molar-refractivity contribution in [2.45, 2.75) is 20.8 Å². The molecule has 0 saturated heterocycles. The number of halogens is 40. The van der Waals surface area contributed by atoms with Crippen LogP contribution in [0.15, 0.2) is 164 Å². The second kappa shape index (κ2) is 38.4. The number of hydrogen-bond donors (Lipinski definition) is 0. The second-order valence-electron chi connectivity index (χ2n) is 27.9. The largest absolute Gasteiger partial charge is 0.207 e. The Morgan fingerprint density at radius 3 is 0.359 bits per heavy atom. The van der Waals surface area contributed by atoms with E-state index in [4.69, 9.17) is 0 Å². The highest BCUT2D eigenvalue weighted by Gasteiger charge is 2.55. The van der Waals surface area contributed by atoms with E-state index in [1.54, 1.807) is 0 Å². The summed E-state index contributed by atoms with van der Waals surface area (Å²) in [4.78, 5) is 0. The number of aryl methyl sites for hydroxylation is 3. The van der Waals surface area contributed by atoms with Crippen molar-refractivity contribution in [3.63, 3.8) is 0 Å². The highest BCUT2D eigenvalue weighted by Crippen LogP contribution is 2.39. The molecule has 0 aliphatic heterocycles. The third-order valence-electron chi connectivity index (χ3n) is 20.8. The molecule has 0 unspecified atom stereocenters. The molecule has 0 aliphatic carbocycles. The van der Waals surface area contributed by atoms with Gasteiger partial charge in [-0.15, -0.1) is 43.7 Å². The molecule has 0 bridgehead atoms. The lowest BCUT2D eigenvalue weighted by molar-refractivity contribution is 0.377. The van der Waals surface area contributed by atoms with E-state index in [0.717, 1.165) is 0 Å². The maximum atomic E-state index is 15.4. The first-order valence-corrected chi connectivity index (χ1v) is 39.1. The van der Waals surface area contributed by atoms with Crippen molar-refractivity contribution in [3.05, 3.63) is 413 Å². The van der Waals surface area contributed by atoms with E-state index < -0.39 is 305 Å². The number of hydrogen-bond acceptors (Lipinski definition) is 0. The van der Waals surface area contributed by atoms with Gasteiger partial charge < -0.3 is 0 Å². The average Bonchev–Trinajstić information content (AvgIpc) is 0.683. The molecule has 0 aliphatic rings. The molecule has 14 rings (SSSR count). The lowest BCUT2D eigenvalue weighted by atomic mass is 9.12. The predicted molar refractivity (Wildman–Crippen MR) is 406 cm³/mol. The molecule has 0 spiro atoms. The summed E-state index contributed by atoms with van der Waals surface area (Å²) in [6, 6.07) is 59.0. The summed E-state index contributed by atoms with van der Waals surface area (Å²) in [5.41, 5.74) is -24.5. The Labute approximate surface area is 710 Å². The van der Waals surface area contributed by atoms with Gasteiger partial charge in [0.15, 0.2) is 140 Å². The SMILES string of the molecule is Cc1ccccc1[PH+](c1ccccc1C)c1ccccc1C.Fc1c(F)c(F)c([B-](c2c(F)c(F)c(F)c(F)c2F)(c2c(F)c(F)c(F)c(F)c2F)c2c(F)c(F)c(F)c(F)c2F)c(F)c1F.Fc1c(F)c(F)c([B-](c2c(F)c(F)c(F)c(F)c2F)(c2c(F)c(F)c(F)c(F)c2F)c2c(F)c(F)c(F)c(F)c2F)c(F)c1F.c1ccc([PH+](c2ccccc2)c2ccccc2)cc1. The smallest absolute Gasteiger partial charge is 0.200 e. The number of rotatable bonds is 14. The van der Waals surface area contributed by atoms with Crippen LogP contribution in [0.1, 0.15) is 16.7 Å². The minimum Gasteiger partial charge on any atom is -0.207 e. The third kappa shape index (κ3) is 16.4. The molecule has 682 valence electrons. The van der Waals surface area contributed by atoms with E-state index in [-0.39, 0.29) is 0 Å². The Kier molecular flexibility index (Phi) is 29.0. The van der Waals surface area contributed by atoms with Gasteiger partial charge in [-0.05, 0) is 92.1 Å². The van der Waals surface area contributed by atoms with Crippen LogP contribution in [-0.2, 0) is 0 Å². The first kappa shape index (κ1) is 98.9. The van der Waals surface area contributed by atoms with Crippen LogP contribution in [0.4, 0.5) is 176 Å². The zero-order valence-corrected chi connectivity index (χ0v) is 66.4. The lowest BCUT2D eigenvalue weighted by Gasteiger charge is -2.44. The van der Waals surface area contributed by atoms with Crippen molar-refractivity contribution in [2.75, 3.05) is 0 Å². The summed E-state index contributed by atoms with van der Waals surface area (Å²) < 4.78 is 588. The van der Waals surface area contributed by atoms with Gasteiger partial charge >= 0.3 is 0 Å². The molecule has 0 radical (unpaired) electrons. The van der Waals surface area contributed by atoms with Crippen LogP contribution in [0.25, 0.3) is 0 Å². The standard InChI is InChI=1S/2C24BF20.C21H21P.C18H15P/c2*26-5-1(6(27)14(35)21(42)13(5)34)25(2-7(28)15(36)22(43)16(37)8(2)29,3-9(30)17(38)23(44)18(39)10(3)31)4-11(32)19(40)24(45)20(41)12(4)33;1-16-10-4-7-13-19(16)22(20-14-8-5-11-17(20)2)21-15-9-6-12-18(21)3;1-4-10-16(11-5-1)19(17-12-6-2-7-13-17)18-14-8-3-9-15-18/h;;4-15H,1-3H3;1-15H/q2*-1;;/p+2. The Morgan fingerprint density at radius 1 is 0.130 bits per heavy atom.